The highest BCUT2D eigenvalue weighted by Crippen LogP contribution is 2.21. The molecule has 3 N–H and O–H groups in total. The molecule has 0 atom stereocenters. The van der Waals surface area contributed by atoms with Crippen LogP contribution in [0.1, 0.15) is 36.0 Å². The molecule has 122 valence electrons. The van der Waals surface area contributed by atoms with E-state index >= 15 is 0 Å². The normalized spacial score (nSPS) is 11.3. The van der Waals surface area contributed by atoms with Crippen molar-refractivity contribution in [3.05, 3.63) is 28.8 Å². The lowest BCUT2D eigenvalue weighted by molar-refractivity contribution is -0.138. The number of nitrogens with one attached hydrogen (secondary N) is 1. The van der Waals surface area contributed by atoms with Crippen molar-refractivity contribution >= 4 is 29.0 Å². The van der Waals surface area contributed by atoms with Gasteiger partial charge in [0, 0.05) is 24.1 Å². The summed E-state index contributed by atoms with van der Waals surface area (Å²) in [5.41, 5.74) is 6.30. The van der Waals surface area contributed by atoms with Gasteiger partial charge in [-0.15, -0.1) is 0 Å². The predicted octanol–water partition coefficient (Wildman–Crippen LogP) is 3.34. The summed E-state index contributed by atoms with van der Waals surface area (Å²) in [6.07, 6.45) is -3.64. The molecular formula is C14H16ClF3N2O2. The number of anilines is 1. The lowest BCUT2D eigenvalue weighted by Gasteiger charge is -2.08. The van der Waals surface area contributed by atoms with Crippen LogP contribution in [-0.4, -0.2) is 24.4 Å². The largest absolute Gasteiger partial charge is 0.405 e. The molecule has 0 saturated heterocycles. The topological polar surface area (TPSA) is 72.2 Å². The number of halogens is 4. The molecule has 0 aliphatic heterocycles. The lowest BCUT2D eigenvalue weighted by Crippen LogP contribution is -2.33. The van der Waals surface area contributed by atoms with Crippen LogP contribution in [0.4, 0.5) is 18.9 Å². The van der Waals surface area contributed by atoms with E-state index in [0.29, 0.717) is 29.1 Å². The summed E-state index contributed by atoms with van der Waals surface area (Å²) < 4.78 is 35.7. The van der Waals surface area contributed by atoms with Crippen LogP contribution in [0.2, 0.25) is 5.02 Å². The number of hydrogen-bond donors (Lipinski definition) is 2. The summed E-state index contributed by atoms with van der Waals surface area (Å²) >= 11 is 5.89. The first-order chi connectivity index (χ1) is 10.2. The second kappa shape index (κ2) is 8.03. The number of nitrogen functional groups attached to an aromatic ring is 1. The van der Waals surface area contributed by atoms with Gasteiger partial charge in [0.05, 0.1) is 5.02 Å². The Morgan fingerprint density at radius 2 is 1.82 bits per heavy atom. The van der Waals surface area contributed by atoms with E-state index in [4.69, 9.17) is 17.3 Å². The van der Waals surface area contributed by atoms with Gasteiger partial charge >= 0.3 is 6.18 Å². The van der Waals surface area contributed by atoms with Gasteiger partial charge in [0.2, 0.25) is 5.91 Å². The first kappa shape index (κ1) is 18.3. The Hall–Kier alpha value is -1.76. The summed E-state index contributed by atoms with van der Waals surface area (Å²) in [5.74, 6) is -0.903. The van der Waals surface area contributed by atoms with Crippen LogP contribution in [0.15, 0.2) is 18.2 Å². The number of amides is 1. The molecule has 8 heteroatoms. The third-order valence-electron chi connectivity index (χ3n) is 2.83. The molecule has 0 spiro atoms. The molecule has 0 aromatic heterocycles. The molecule has 1 aromatic rings. The quantitative estimate of drug-likeness (QED) is 0.455. The summed E-state index contributed by atoms with van der Waals surface area (Å²) in [7, 11) is 0. The number of carbonyl (C=O) groups is 2. The van der Waals surface area contributed by atoms with Crippen molar-refractivity contribution in [1.29, 1.82) is 0 Å². The minimum absolute atomic E-state index is 0.0615. The summed E-state index contributed by atoms with van der Waals surface area (Å²) in [5, 5.41) is 2.07. The van der Waals surface area contributed by atoms with E-state index in [1.165, 1.54) is 12.1 Å². The number of Topliss-reactive ketones (excluding diaryl/α,β-unsaturated/α-hetero) is 1. The Morgan fingerprint density at radius 1 is 1.18 bits per heavy atom. The van der Waals surface area contributed by atoms with Crippen molar-refractivity contribution < 1.29 is 22.8 Å². The number of unbranched alkanes of at least 4 members (excludes halogenated alkanes) is 1. The van der Waals surface area contributed by atoms with Crippen molar-refractivity contribution in [2.24, 2.45) is 0 Å². The van der Waals surface area contributed by atoms with Gasteiger partial charge in [-0.1, -0.05) is 11.6 Å². The van der Waals surface area contributed by atoms with E-state index in [1.807, 2.05) is 0 Å². The van der Waals surface area contributed by atoms with E-state index in [9.17, 15) is 22.8 Å². The predicted molar refractivity (Wildman–Crippen MR) is 77.7 cm³/mol. The number of ketones is 1. The SMILES string of the molecule is Nc1ccc(Cl)c(C(=O)CCCCC(=O)NCC(F)(F)F)c1. The molecule has 0 saturated carbocycles. The Bertz CT molecular complexity index is 547. The maximum Gasteiger partial charge on any atom is 0.405 e. The minimum atomic E-state index is -4.42. The zero-order valence-corrected chi connectivity index (χ0v) is 12.4. The third-order valence-corrected chi connectivity index (χ3v) is 3.16. The summed E-state index contributed by atoms with van der Waals surface area (Å²) in [6, 6.07) is 4.57. The number of carbonyl (C=O) groups excluding carboxylic acids is 2. The van der Waals surface area contributed by atoms with Crippen molar-refractivity contribution in [3.8, 4) is 0 Å². The highest BCUT2D eigenvalue weighted by Gasteiger charge is 2.27. The van der Waals surface area contributed by atoms with Crippen LogP contribution in [0.5, 0.6) is 0 Å². The van der Waals surface area contributed by atoms with Crippen LogP contribution >= 0.6 is 11.6 Å². The molecule has 0 radical (unpaired) electrons. The van der Waals surface area contributed by atoms with Crippen LogP contribution in [0.3, 0.4) is 0 Å². The number of benzene rings is 1. The lowest BCUT2D eigenvalue weighted by atomic mass is 10.0. The highest BCUT2D eigenvalue weighted by atomic mass is 35.5. The van der Waals surface area contributed by atoms with Crippen LogP contribution in [0.25, 0.3) is 0 Å². The highest BCUT2D eigenvalue weighted by molar-refractivity contribution is 6.34. The number of nitrogens with two attached hydrogens (primary N) is 1. The van der Waals surface area contributed by atoms with Crippen LogP contribution < -0.4 is 11.1 Å². The molecule has 1 rings (SSSR count). The molecule has 0 aliphatic rings. The van der Waals surface area contributed by atoms with Gasteiger partial charge in [-0.25, -0.2) is 0 Å². The molecular weight excluding hydrogens is 321 g/mol. The molecule has 1 amide bonds. The first-order valence-corrected chi connectivity index (χ1v) is 6.98. The van der Waals surface area contributed by atoms with Gasteiger partial charge in [0.25, 0.3) is 0 Å². The molecule has 0 unspecified atom stereocenters. The number of hydrogen-bond acceptors (Lipinski definition) is 3. The average Bonchev–Trinajstić information content (AvgIpc) is 2.43. The van der Waals surface area contributed by atoms with Gasteiger partial charge in [-0.05, 0) is 31.0 Å². The van der Waals surface area contributed by atoms with Crippen molar-refractivity contribution in [2.75, 3.05) is 12.3 Å². The molecule has 4 nitrogen and oxygen atoms in total. The van der Waals surface area contributed by atoms with E-state index in [1.54, 1.807) is 11.4 Å². The summed E-state index contributed by atoms with van der Waals surface area (Å²) in [4.78, 5) is 23.1. The Balaban J connectivity index is 2.31. The molecule has 0 heterocycles. The van der Waals surface area contributed by atoms with Gasteiger partial charge in [0.15, 0.2) is 5.78 Å². The Kier molecular flexibility index (Phi) is 6.67. The van der Waals surface area contributed by atoms with Crippen molar-refractivity contribution in [1.82, 2.24) is 5.32 Å². The van der Waals surface area contributed by atoms with Crippen molar-refractivity contribution in [2.45, 2.75) is 31.9 Å². The molecule has 1 aromatic carbocycles. The molecule has 0 aliphatic carbocycles. The van der Waals surface area contributed by atoms with E-state index < -0.39 is 18.6 Å². The monoisotopic (exact) mass is 336 g/mol. The zero-order chi connectivity index (χ0) is 16.8. The standard InChI is InChI=1S/C14H16ClF3N2O2/c15-11-6-5-9(19)7-10(11)12(21)3-1-2-4-13(22)20-8-14(16,17)18/h5-7H,1-4,8,19H2,(H,20,22). The minimum Gasteiger partial charge on any atom is -0.399 e. The van der Waals surface area contributed by atoms with Crippen molar-refractivity contribution in [3.63, 3.8) is 0 Å². The van der Waals surface area contributed by atoms with Crippen LogP contribution in [-0.2, 0) is 4.79 Å². The fourth-order valence-corrected chi connectivity index (χ4v) is 1.97. The fourth-order valence-electron chi connectivity index (χ4n) is 1.75. The van der Waals surface area contributed by atoms with E-state index in [2.05, 4.69) is 0 Å². The zero-order valence-electron chi connectivity index (χ0n) is 11.7. The maximum absolute atomic E-state index is 11.9. The van der Waals surface area contributed by atoms with Crippen LogP contribution in [0, 0.1) is 0 Å². The Morgan fingerprint density at radius 3 is 2.45 bits per heavy atom. The van der Waals surface area contributed by atoms with E-state index in [-0.39, 0.29) is 18.6 Å². The fraction of sp³-hybridized carbons (Fsp3) is 0.429. The van der Waals surface area contributed by atoms with Gasteiger partial charge < -0.3 is 11.1 Å². The number of rotatable bonds is 7. The van der Waals surface area contributed by atoms with Gasteiger partial charge in [-0.2, -0.15) is 13.2 Å². The molecule has 22 heavy (non-hydrogen) atoms. The second-order valence-corrected chi connectivity index (χ2v) is 5.17. The first-order valence-electron chi connectivity index (χ1n) is 6.61. The summed E-state index contributed by atoms with van der Waals surface area (Å²) in [6.45, 7) is -1.34. The Labute approximate surface area is 130 Å². The van der Waals surface area contributed by atoms with Gasteiger partial charge in [0.1, 0.15) is 6.54 Å². The van der Waals surface area contributed by atoms with Gasteiger partial charge in [-0.3, -0.25) is 9.59 Å². The average molecular weight is 337 g/mol. The smallest absolute Gasteiger partial charge is 0.399 e. The third kappa shape index (κ3) is 6.80. The second-order valence-electron chi connectivity index (χ2n) is 4.76. The number of alkyl halides is 3. The maximum atomic E-state index is 11.9. The van der Waals surface area contributed by atoms with E-state index in [0.717, 1.165) is 0 Å². The molecule has 0 fully saturated rings. The molecule has 0 bridgehead atoms.